The lowest BCUT2D eigenvalue weighted by molar-refractivity contribution is 0.673. The lowest BCUT2D eigenvalue weighted by Crippen LogP contribution is -2.05. The third-order valence-electron chi connectivity index (χ3n) is 3.84. The monoisotopic (exact) mass is 413 g/mol. The number of hydrogen-bond donors (Lipinski definition) is 0. The summed E-state index contributed by atoms with van der Waals surface area (Å²) in [5.74, 6) is 1.88. The zero-order chi connectivity index (χ0) is 17.5. The number of aromatic nitrogens is 3. The highest BCUT2D eigenvalue weighted by Crippen LogP contribution is 2.24. The summed E-state index contributed by atoms with van der Waals surface area (Å²) < 4.78 is 3.26. The van der Waals surface area contributed by atoms with Crippen LogP contribution in [0.1, 0.15) is 17.0 Å². The third kappa shape index (κ3) is 5.06. The number of halogens is 1. The molecule has 0 aliphatic heterocycles. The molecular weight excluding hydrogens is 394 g/mol. The van der Waals surface area contributed by atoms with Crippen molar-refractivity contribution < 1.29 is 0 Å². The molecule has 0 spiro atoms. The predicted octanol–water partition coefficient (Wildman–Crippen LogP) is 5.30. The Bertz CT molecular complexity index is 830. The number of nitrogens with zero attached hydrogens (tertiary/aromatic N) is 3. The van der Waals surface area contributed by atoms with Crippen molar-refractivity contribution in [3.05, 3.63) is 88.7 Å². The van der Waals surface area contributed by atoms with Gasteiger partial charge in [-0.1, -0.05) is 76.2 Å². The van der Waals surface area contributed by atoms with E-state index in [1.807, 2.05) is 18.2 Å². The SMILES string of the molecule is C=CCn1c(CCc2ccccc2)nnc1SCc1cccc(Br)c1. The highest BCUT2D eigenvalue weighted by molar-refractivity contribution is 9.10. The molecule has 0 atom stereocenters. The standard InChI is InChI=1S/C20H20BrN3S/c1-2-13-24-19(12-11-16-7-4-3-5-8-16)22-23-20(24)25-15-17-9-6-10-18(21)14-17/h2-10,14H,1,11-13,15H2. The zero-order valence-electron chi connectivity index (χ0n) is 13.9. The number of aryl methyl sites for hydroxylation is 2. The topological polar surface area (TPSA) is 30.7 Å². The van der Waals surface area contributed by atoms with Crippen molar-refractivity contribution in [2.24, 2.45) is 0 Å². The molecule has 3 nitrogen and oxygen atoms in total. The summed E-state index contributed by atoms with van der Waals surface area (Å²) in [6.45, 7) is 4.61. The van der Waals surface area contributed by atoms with Crippen LogP contribution in [-0.4, -0.2) is 14.8 Å². The molecule has 0 aliphatic rings. The van der Waals surface area contributed by atoms with Crippen LogP contribution in [0.4, 0.5) is 0 Å². The van der Waals surface area contributed by atoms with E-state index in [-0.39, 0.29) is 0 Å². The fourth-order valence-electron chi connectivity index (χ4n) is 2.60. The van der Waals surface area contributed by atoms with Gasteiger partial charge in [-0.2, -0.15) is 0 Å². The molecule has 128 valence electrons. The van der Waals surface area contributed by atoms with Gasteiger partial charge in [0.05, 0.1) is 0 Å². The summed E-state index contributed by atoms with van der Waals surface area (Å²) in [4.78, 5) is 0. The fraction of sp³-hybridized carbons (Fsp3) is 0.200. The molecule has 0 radical (unpaired) electrons. The largest absolute Gasteiger partial charge is 0.302 e. The van der Waals surface area contributed by atoms with E-state index in [2.05, 4.69) is 79.7 Å². The normalized spacial score (nSPS) is 10.8. The Morgan fingerprint density at radius 3 is 2.56 bits per heavy atom. The Labute approximate surface area is 161 Å². The van der Waals surface area contributed by atoms with Crippen LogP contribution >= 0.6 is 27.7 Å². The van der Waals surface area contributed by atoms with E-state index in [1.165, 1.54) is 11.1 Å². The number of hydrogen-bond acceptors (Lipinski definition) is 3. The Hall–Kier alpha value is -1.85. The summed E-state index contributed by atoms with van der Waals surface area (Å²) >= 11 is 5.23. The molecule has 0 bridgehead atoms. The first-order valence-electron chi connectivity index (χ1n) is 8.20. The van der Waals surface area contributed by atoms with Gasteiger partial charge in [0.2, 0.25) is 0 Å². The summed E-state index contributed by atoms with van der Waals surface area (Å²) in [6, 6.07) is 18.8. The maximum absolute atomic E-state index is 4.41. The second kappa shape index (κ2) is 9.02. The molecule has 25 heavy (non-hydrogen) atoms. The number of allylic oxidation sites excluding steroid dienone is 1. The fourth-order valence-corrected chi connectivity index (χ4v) is 3.95. The van der Waals surface area contributed by atoms with E-state index in [1.54, 1.807) is 11.8 Å². The van der Waals surface area contributed by atoms with Gasteiger partial charge in [0.15, 0.2) is 5.16 Å². The smallest absolute Gasteiger partial charge is 0.191 e. The summed E-state index contributed by atoms with van der Waals surface area (Å²) in [6.07, 6.45) is 3.74. The molecule has 0 saturated heterocycles. The van der Waals surface area contributed by atoms with Crippen molar-refractivity contribution >= 4 is 27.7 Å². The van der Waals surface area contributed by atoms with Crippen molar-refractivity contribution in [2.75, 3.05) is 0 Å². The predicted molar refractivity (Wildman–Crippen MR) is 108 cm³/mol. The lowest BCUT2D eigenvalue weighted by atomic mass is 10.1. The highest BCUT2D eigenvalue weighted by atomic mass is 79.9. The van der Waals surface area contributed by atoms with Gasteiger partial charge in [-0.3, -0.25) is 0 Å². The number of thioether (sulfide) groups is 1. The first-order valence-corrected chi connectivity index (χ1v) is 9.98. The second-order valence-electron chi connectivity index (χ2n) is 5.70. The van der Waals surface area contributed by atoms with Gasteiger partial charge in [0.25, 0.3) is 0 Å². The van der Waals surface area contributed by atoms with Crippen LogP contribution in [-0.2, 0) is 25.1 Å². The Kier molecular flexibility index (Phi) is 6.48. The molecule has 0 unspecified atom stereocenters. The first kappa shape index (κ1) is 18.0. The molecule has 3 rings (SSSR count). The van der Waals surface area contributed by atoms with E-state index >= 15 is 0 Å². The molecule has 2 aromatic carbocycles. The Balaban J connectivity index is 1.69. The van der Waals surface area contributed by atoms with Crippen LogP contribution in [0.15, 0.2) is 76.9 Å². The van der Waals surface area contributed by atoms with Gasteiger partial charge < -0.3 is 4.57 Å². The molecule has 1 aromatic heterocycles. The van der Waals surface area contributed by atoms with Gasteiger partial charge >= 0.3 is 0 Å². The van der Waals surface area contributed by atoms with E-state index in [0.29, 0.717) is 0 Å². The van der Waals surface area contributed by atoms with Crippen molar-refractivity contribution in [3.63, 3.8) is 0 Å². The van der Waals surface area contributed by atoms with Crippen LogP contribution in [0.2, 0.25) is 0 Å². The van der Waals surface area contributed by atoms with Gasteiger partial charge in [0.1, 0.15) is 5.82 Å². The average Bonchev–Trinajstić information content (AvgIpc) is 3.01. The van der Waals surface area contributed by atoms with Crippen molar-refractivity contribution in [1.82, 2.24) is 14.8 Å². The zero-order valence-corrected chi connectivity index (χ0v) is 16.3. The second-order valence-corrected chi connectivity index (χ2v) is 7.56. The molecule has 0 N–H and O–H groups in total. The summed E-state index contributed by atoms with van der Waals surface area (Å²) in [7, 11) is 0. The number of benzene rings is 2. The van der Waals surface area contributed by atoms with Gasteiger partial charge in [-0.25, -0.2) is 0 Å². The maximum Gasteiger partial charge on any atom is 0.191 e. The van der Waals surface area contributed by atoms with Crippen LogP contribution in [0.25, 0.3) is 0 Å². The minimum absolute atomic E-state index is 0.734. The van der Waals surface area contributed by atoms with E-state index < -0.39 is 0 Å². The molecule has 1 heterocycles. The minimum Gasteiger partial charge on any atom is -0.302 e. The van der Waals surface area contributed by atoms with Crippen LogP contribution in [0, 0.1) is 0 Å². The summed E-state index contributed by atoms with van der Waals surface area (Å²) in [5, 5.41) is 9.76. The molecule has 0 amide bonds. The minimum atomic E-state index is 0.734. The lowest BCUT2D eigenvalue weighted by Gasteiger charge is -2.08. The Morgan fingerprint density at radius 1 is 1.00 bits per heavy atom. The first-order chi connectivity index (χ1) is 12.3. The van der Waals surface area contributed by atoms with Crippen LogP contribution < -0.4 is 0 Å². The Morgan fingerprint density at radius 2 is 1.80 bits per heavy atom. The molecular formula is C20H20BrN3S. The van der Waals surface area contributed by atoms with E-state index in [9.17, 15) is 0 Å². The molecule has 0 fully saturated rings. The van der Waals surface area contributed by atoms with Crippen molar-refractivity contribution in [2.45, 2.75) is 30.3 Å². The van der Waals surface area contributed by atoms with Gasteiger partial charge in [-0.15, -0.1) is 16.8 Å². The van der Waals surface area contributed by atoms with Crippen molar-refractivity contribution in [3.8, 4) is 0 Å². The quantitative estimate of drug-likeness (QED) is 0.370. The summed E-state index contributed by atoms with van der Waals surface area (Å²) in [5.41, 5.74) is 2.58. The molecule has 3 aromatic rings. The number of rotatable bonds is 8. The van der Waals surface area contributed by atoms with Gasteiger partial charge in [0, 0.05) is 23.2 Å². The van der Waals surface area contributed by atoms with E-state index in [0.717, 1.165) is 40.6 Å². The van der Waals surface area contributed by atoms with E-state index in [4.69, 9.17) is 0 Å². The highest BCUT2D eigenvalue weighted by Gasteiger charge is 2.12. The van der Waals surface area contributed by atoms with Crippen LogP contribution in [0.5, 0.6) is 0 Å². The average molecular weight is 414 g/mol. The van der Waals surface area contributed by atoms with Crippen LogP contribution in [0.3, 0.4) is 0 Å². The molecule has 5 heteroatoms. The molecule has 0 saturated carbocycles. The maximum atomic E-state index is 4.41. The third-order valence-corrected chi connectivity index (χ3v) is 5.37. The van der Waals surface area contributed by atoms with Gasteiger partial charge in [-0.05, 0) is 29.7 Å². The van der Waals surface area contributed by atoms with Crippen molar-refractivity contribution in [1.29, 1.82) is 0 Å². The molecule has 0 aliphatic carbocycles.